The Morgan fingerprint density at radius 3 is 2.70 bits per heavy atom. The number of para-hydroxylation sites is 1. The number of hydrogen-bond acceptors (Lipinski definition) is 4. The minimum absolute atomic E-state index is 0.123. The molecule has 1 heterocycles. The van der Waals surface area contributed by atoms with Gasteiger partial charge in [-0.1, -0.05) is 25.1 Å². The molecular weight excluding hydrogens is 310 g/mol. The molecule has 0 aliphatic rings. The average molecular weight is 331 g/mol. The average Bonchev–Trinajstić information content (AvgIpc) is 3.04. The molecule has 7 heteroatoms. The molecule has 0 spiro atoms. The van der Waals surface area contributed by atoms with Crippen LogP contribution in [0, 0.1) is 0 Å². The molecule has 23 heavy (non-hydrogen) atoms. The highest BCUT2D eigenvalue weighted by Crippen LogP contribution is 2.12. The minimum atomic E-state index is -0.123. The van der Waals surface area contributed by atoms with Crippen LogP contribution >= 0.6 is 11.3 Å². The lowest BCUT2D eigenvalue weighted by Crippen LogP contribution is -2.41. The van der Waals surface area contributed by atoms with Gasteiger partial charge in [-0.25, -0.2) is 4.98 Å². The Kier molecular flexibility index (Phi) is 6.56. The van der Waals surface area contributed by atoms with Crippen LogP contribution in [0.25, 0.3) is 0 Å². The SMILES string of the molecule is CCc1cnc(CNC(=NC)NCC(=O)Nc2ccccc2)s1. The fourth-order valence-electron chi connectivity index (χ4n) is 1.86. The summed E-state index contributed by atoms with van der Waals surface area (Å²) in [5, 5.41) is 9.94. The minimum Gasteiger partial charge on any atom is -0.350 e. The number of carbonyl (C=O) groups excluding carboxylic acids is 1. The van der Waals surface area contributed by atoms with Gasteiger partial charge in [0.15, 0.2) is 5.96 Å². The van der Waals surface area contributed by atoms with E-state index in [0.717, 1.165) is 17.1 Å². The molecule has 3 N–H and O–H groups in total. The highest BCUT2D eigenvalue weighted by molar-refractivity contribution is 7.11. The van der Waals surface area contributed by atoms with Crippen molar-refractivity contribution in [2.24, 2.45) is 4.99 Å². The maximum atomic E-state index is 11.9. The monoisotopic (exact) mass is 331 g/mol. The second-order valence-electron chi connectivity index (χ2n) is 4.77. The van der Waals surface area contributed by atoms with Gasteiger partial charge in [0.1, 0.15) is 5.01 Å². The van der Waals surface area contributed by atoms with Crippen molar-refractivity contribution in [3.63, 3.8) is 0 Å². The summed E-state index contributed by atoms with van der Waals surface area (Å²) in [6.45, 7) is 2.84. The zero-order valence-electron chi connectivity index (χ0n) is 13.3. The number of carbonyl (C=O) groups is 1. The topological polar surface area (TPSA) is 78.4 Å². The molecule has 0 saturated heterocycles. The Balaban J connectivity index is 1.75. The summed E-state index contributed by atoms with van der Waals surface area (Å²) in [6, 6.07) is 9.35. The maximum absolute atomic E-state index is 11.9. The zero-order valence-corrected chi connectivity index (χ0v) is 14.1. The van der Waals surface area contributed by atoms with Crippen molar-refractivity contribution in [3.05, 3.63) is 46.4 Å². The second-order valence-corrected chi connectivity index (χ2v) is 5.97. The van der Waals surface area contributed by atoms with Gasteiger partial charge >= 0.3 is 0 Å². The van der Waals surface area contributed by atoms with Crippen LogP contribution in [-0.4, -0.2) is 30.4 Å². The van der Waals surface area contributed by atoms with Crippen molar-refractivity contribution in [1.29, 1.82) is 0 Å². The number of thiazole rings is 1. The molecule has 6 nitrogen and oxygen atoms in total. The van der Waals surface area contributed by atoms with E-state index in [9.17, 15) is 4.79 Å². The van der Waals surface area contributed by atoms with E-state index in [4.69, 9.17) is 0 Å². The number of guanidine groups is 1. The van der Waals surface area contributed by atoms with Gasteiger partial charge in [0.05, 0.1) is 13.1 Å². The van der Waals surface area contributed by atoms with E-state index in [1.165, 1.54) is 4.88 Å². The van der Waals surface area contributed by atoms with Crippen molar-refractivity contribution in [2.75, 3.05) is 18.9 Å². The number of benzene rings is 1. The van der Waals surface area contributed by atoms with E-state index < -0.39 is 0 Å². The molecule has 2 rings (SSSR count). The Labute approximate surface area is 140 Å². The number of nitrogens with one attached hydrogen (secondary N) is 3. The highest BCUT2D eigenvalue weighted by Gasteiger charge is 2.05. The van der Waals surface area contributed by atoms with Crippen LogP contribution in [0.2, 0.25) is 0 Å². The van der Waals surface area contributed by atoms with Crippen LogP contribution < -0.4 is 16.0 Å². The normalized spacial score (nSPS) is 11.1. The van der Waals surface area contributed by atoms with Gasteiger partial charge in [-0.3, -0.25) is 9.79 Å². The largest absolute Gasteiger partial charge is 0.350 e. The zero-order chi connectivity index (χ0) is 16.5. The summed E-state index contributed by atoms with van der Waals surface area (Å²) in [6.07, 6.45) is 2.88. The molecule has 0 saturated carbocycles. The van der Waals surface area contributed by atoms with Crippen LogP contribution in [-0.2, 0) is 17.8 Å². The van der Waals surface area contributed by atoms with Crippen molar-refractivity contribution in [3.8, 4) is 0 Å². The first kappa shape index (κ1) is 17.0. The summed E-state index contributed by atoms with van der Waals surface area (Å²) in [5.74, 6) is 0.447. The number of nitrogens with zero attached hydrogens (tertiary/aromatic N) is 2. The van der Waals surface area contributed by atoms with Crippen LogP contribution in [0.4, 0.5) is 5.69 Å². The molecule has 1 aromatic carbocycles. The van der Waals surface area contributed by atoms with E-state index in [0.29, 0.717) is 12.5 Å². The molecule has 0 bridgehead atoms. The number of hydrogen-bond donors (Lipinski definition) is 3. The van der Waals surface area contributed by atoms with Gasteiger partial charge in [0.25, 0.3) is 0 Å². The highest BCUT2D eigenvalue weighted by atomic mass is 32.1. The third kappa shape index (κ3) is 5.71. The predicted octanol–water partition coefficient (Wildman–Crippen LogP) is 2.01. The van der Waals surface area contributed by atoms with Gasteiger partial charge in [-0.05, 0) is 18.6 Å². The molecule has 0 unspecified atom stereocenters. The summed E-state index contributed by atoms with van der Waals surface area (Å²) in [4.78, 5) is 21.6. The van der Waals surface area contributed by atoms with Crippen molar-refractivity contribution in [2.45, 2.75) is 19.9 Å². The Morgan fingerprint density at radius 2 is 2.04 bits per heavy atom. The first-order valence-electron chi connectivity index (χ1n) is 7.44. The van der Waals surface area contributed by atoms with E-state index in [1.54, 1.807) is 18.4 Å². The van der Waals surface area contributed by atoms with Gasteiger partial charge in [-0.2, -0.15) is 0 Å². The van der Waals surface area contributed by atoms with E-state index in [2.05, 4.69) is 32.9 Å². The number of amides is 1. The summed E-state index contributed by atoms with van der Waals surface area (Å²) in [7, 11) is 1.67. The Bertz CT molecular complexity index is 654. The first-order chi connectivity index (χ1) is 11.2. The third-order valence-corrected chi connectivity index (χ3v) is 4.20. The van der Waals surface area contributed by atoms with Gasteiger partial charge in [0, 0.05) is 23.8 Å². The standard InChI is InChI=1S/C16H21N5OS/c1-3-13-9-18-15(23-13)11-20-16(17-2)19-10-14(22)21-12-7-5-4-6-8-12/h4-9H,3,10-11H2,1-2H3,(H,21,22)(H2,17,19,20). The number of aliphatic imine (C=N–C) groups is 1. The third-order valence-electron chi connectivity index (χ3n) is 3.05. The lowest BCUT2D eigenvalue weighted by atomic mass is 10.3. The predicted molar refractivity (Wildman–Crippen MR) is 94.8 cm³/mol. The molecule has 1 aromatic heterocycles. The molecule has 1 amide bonds. The fraction of sp³-hybridized carbons (Fsp3) is 0.312. The molecule has 0 radical (unpaired) electrons. The van der Waals surface area contributed by atoms with Crippen molar-refractivity contribution >= 4 is 28.9 Å². The fourth-order valence-corrected chi connectivity index (χ4v) is 2.67. The maximum Gasteiger partial charge on any atom is 0.243 e. The lowest BCUT2D eigenvalue weighted by molar-refractivity contribution is -0.115. The Morgan fingerprint density at radius 1 is 1.26 bits per heavy atom. The molecular formula is C16H21N5OS. The number of aryl methyl sites for hydroxylation is 1. The van der Waals surface area contributed by atoms with Gasteiger partial charge in [0.2, 0.25) is 5.91 Å². The van der Waals surface area contributed by atoms with Crippen LogP contribution in [0.15, 0.2) is 41.5 Å². The van der Waals surface area contributed by atoms with Crippen LogP contribution in [0.5, 0.6) is 0 Å². The van der Waals surface area contributed by atoms with Crippen LogP contribution in [0.1, 0.15) is 16.8 Å². The quantitative estimate of drug-likeness (QED) is 0.559. The summed E-state index contributed by atoms with van der Waals surface area (Å²) >= 11 is 1.68. The van der Waals surface area contributed by atoms with Gasteiger partial charge in [-0.15, -0.1) is 11.3 Å². The summed E-state index contributed by atoms with van der Waals surface area (Å²) < 4.78 is 0. The van der Waals surface area contributed by atoms with Crippen molar-refractivity contribution in [1.82, 2.24) is 15.6 Å². The lowest BCUT2D eigenvalue weighted by Gasteiger charge is -2.11. The number of rotatable bonds is 6. The van der Waals surface area contributed by atoms with E-state index in [1.807, 2.05) is 36.5 Å². The number of aromatic nitrogens is 1. The number of anilines is 1. The van der Waals surface area contributed by atoms with Gasteiger partial charge < -0.3 is 16.0 Å². The Hall–Kier alpha value is -2.41. The molecule has 0 aliphatic carbocycles. The molecule has 0 atom stereocenters. The molecule has 0 aliphatic heterocycles. The second kappa shape index (κ2) is 8.89. The van der Waals surface area contributed by atoms with E-state index in [-0.39, 0.29) is 12.5 Å². The molecule has 0 fully saturated rings. The van der Waals surface area contributed by atoms with Crippen molar-refractivity contribution < 1.29 is 4.79 Å². The van der Waals surface area contributed by atoms with Crippen LogP contribution in [0.3, 0.4) is 0 Å². The first-order valence-corrected chi connectivity index (χ1v) is 8.26. The summed E-state index contributed by atoms with van der Waals surface area (Å²) in [5.41, 5.74) is 0.775. The van der Waals surface area contributed by atoms with E-state index >= 15 is 0 Å². The molecule has 122 valence electrons. The smallest absolute Gasteiger partial charge is 0.243 e. The molecule has 2 aromatic rings.